The van der Waals surface area contributed by atoms with Crippen LogP contribution in [0.2, 0.25) is 0 Å². The van der Waals surface area contributed by atoms with Crippen LogP contribution < -0.4 is 5.32 Å². The van der Waals surface area contributed by atoms with Gasteiger partial charge in [0.2, 0.25) is 5.91 Å². The summed E-state index contributed by atoms with van der Waals surface area (Å²) < 4.78 is 2.08. The van der Waals surface area contributed by atoms with Gasteiger partial charge in [0, 0.05) is 43.0 Å². The number of carbonyl (C=O) groups excluding carboxylic acids is 2. The highest BCUT2D eigenvalue weighted by Crippen LogP contribution is 2.31. The predicted molar refractivity (Wildman–Crippen MR) is 141 cm³/mol. The summed E-state index contributed by atoms with van der Waals surface area (Å²) in [6.07, 6.45) is 15.7. The minimum absolute atomic E-state index is 0.128. The van der Waals surface area contributed by atoms with Crippen molar-refractivity contribution in [3.05, 3.63) is 60.2 Å². The molecule has 36 heavy (non-hydrogen) atoms. The van der Waals surface area contributed by atoms with Crippen molar-refractivity contribution < 1.29 is 9.59 Å². The van der Waals surface area contributed by atoms with E-state index in [0.29, 0.717) is 37.2 Å². The summed E-state index contributed by atoms with van der Waals surface area (Å²) in [7, 11) is 0. The molecule has 7 nitrogen and oxygen atoms in total. The highest BCUT2D eigenvalue weighted by Gasteiger charge is 2.33. The molecule has 0 radical (unpaired) electrons. The highest BCUT2D eigenvalue weighted by atomic mass is 16.2. The lowest BCUT2D eigenvalue weighted by Crippen LogP contribution is -2.50. The van der Waals surface area contributed by atoms with Crippen LogP contribution in [0.15, 0.2) is 48.8 Å². The number of hydrogen-bond donors (Lipinski definition) is 1. The lowest BCUT2D eigenvalue weighted by molar-refractivity contribution is -0.138. The summed E-state index contributed by atoms with van der Waals surface area (Å²) >= 11 is 0. The second-order valence-electron chi connectivity index (χ2n) is 10.2. The Labute approximate surface area is 213 Å². The molecule has 190 valence electrons. The molecule has 2 heterocycles. The molecule has 2 saturated carbocycles. The molecule has 0 atom stereocenters. The van der Waals surface area contributed by atoms with E-state index in [1.165, 1.54) is 38.5 Å². The molecule has 1 N–H and O–H groups in total. The largest absolute Gasteiger partial charge is 0.352 e. The lowest BCUT2D eigenvalue weighted by atomic mass is 9.88. The van der Waals surface area contributed by atoms with Crippen LogP contribution in [-0.4, -0.2) is 49.9 Å². The zero-order chi connectivity index (χ0) is 24.7. The third-order valence-electron chi connectivity index (χ3n) is 7.83. The average Bonchev–Trinajstić information content (AvgIpc) is 3.27. The minimum atomic E-state index is -0.128. The molecule has 3 aromatic rings. The van der Waals surface area contributed by atoms with Crippen LogP contribution in [0.1, 0.15) is 80.4 Å². The Morgan fingerprint density at radius 3 is 2.19 bits per heavy atom. The number of aromatic nitrogens is 3. The minimum Gasteiger partial charge on any atom is -0.352 e. The monoisotopic (exact) mass is 487 g/mol. The summed E-state index contributed by atoms with van der Waals surface area (Å²) in [5.74, 6) is 0.933. The Kier molecular flexibility index (Phi) is 7.94. The van der Waals surface area contributed by atoms with Gasteiger partial charge in [-0.15, -0.1) is 0 Å². The summed E-state index contributed by atoms with van der Waals surface area (Å²) in [6, 6.07) is 12.2. The third kappa shape index (κ3) is 5.61. The highest BCUT2D eigenvalue weighted by molar-refractivity contribution is 5.94. The fourth-order valence-corrected chi connectivity index (χ4v) is 6.03. The van der Waals surface area contributed by atoms with E-state index in [1.807, 2.05) is 24.3 Å². The van der Waals surface area contributed by atoms with E-state index >= 15 is 0 Å². The van der Waals surface area contributed by atoms with Crippen molar-refractivity contribution in [2.75, 3.05) is 6.54 Å². The van der Waals surface area contributed by atoms with Crippen molar-refractivity contribution in [1.29, 1.82) is 0 Å². The Balaban J connectivity index is 1.34. The van der Waals surface area contributed by atoms with Crippen LogP contribution in [0.4, 0.5) is 0 Å². The molecule has 2 aromatic heterocycles. The number of hydrogen-bond acceptors (Lipinski definition) is 4. The topological polar surface area (TPSA) is 80.1 Å². The average molecular weight is 488 g/mol. The molecule has 2 aliphatic rings. The summed E-state index contributed by atoms with van der Waals surface area (Å²) in [5, 5.41) is 2.98. The second-order valence-corrected chi connectivity index (χ2v) is 10.2. The van der Waals surface area contributed by atoms with E-state index in [4.69, 9.17) is 4.98 Å². The summed E-state index contributed by atoms with van der Waals surface area (Å²) in [5.41, 5.74) is 2.46. The normalized spacial score (nSPS) is 17.2. The quantitative estimate of drug-likeness (QED) is 0.490. The van der Waals surface area contributed by atoms with Gasteiger partial charge in [0.25, 0.3) is 5.91 Å². The molecular weight excluding hydrogens is 450 g/mol. The van der Waals surface area contributed by atoms with Gasteiger partial charge in [0.15, 0.2) is 0 Å². The van der Waals surface area contributed by atoms with Crippen molar-refractivity contribution in [3.63, 3.8) is 0 Å². The van der Waals surface area contributed by atoms with E-state index < -0.39 is 0 Å². The Hall–Kier alpha value is -3.22. The Bertz CT molecular complexity index is 1140. The van der Waals surface area contributed by atoms with Gasteiger partial charge in [-0.2, -0.15) is 0 Å². The first-order valence-corrected chi connectivity index (χ1v) is 13.6. The predicted octanol–water partition coefficient (Wildman–Crippen LogP) is 4.90. The molecule has 0 unspecified atom stereocenters. The number of nitrogens with zero attached hydrogens (tertiary/aromatic N) is 4. The fraction of sp³-hybridized carbons (Fsp3) is 0.517. The van der Waals surface area contributed by atoms with E-state index in [9.17, 15) is 9.59 Å². The number of pyridine rings is 1. The van der Waals surface area contributed by atoms with Crippen molar-refractivity contribution in [2.45, 2.75) is 89.3 Å². The first kappa shape index (κ1) is 24.5. The van der Waals surface area contributed by atoms with E-state index in [2.05, 4.69) is 19.8 Å². The molecule has 1 aromatic carbocycles. The maximum Gasteiger partial charge on any atom is 0.251 e. The molecule has 0 saturated heterocycles. The van der Waals surface area contributed by atoms with Gasteiger partial charge >= 0.3 is 0 Å². The van der Waals surface area contributed by atoms with Gasteiger partial charge in [0.05, 0.1) is 11.0 Å². The van der Waals surface area contributed by atoms with Crippen LogP contribution in [0.3, 0.4) is 0 Å². The van der Waals surface area contributed by atoms with Crippen LogP contribution in [0.5, 0.6) is 0 Å². The van der Waals surface area contributed by atoms with E-state index in [-0.39, 0.29) is 11.8 Å². The third-order valence-corrected chi connectivity index (χ3v) is 7.83. The second kappa shape index (κ2) is 11.7. The zero-order valence-corrected chi connectivity index (χ0v) is 21.1. The maximum absolute atomic E-state index is 14.0. The first-order valence-electron chi connectivity index (χ1n) is 13.6. The van der Waals surface area contributed by atoms with Crippen molar-refractivity contribution in [1.82, 2.24) is 24.8 Å². The zero-order valence-electron chi connectivity index (χ0n) is 21.1. The smallest absolute Gasteiger partial charge is 0.251 e. The SMILES string of the molecule is O=C(NCCc1nc2ccccc2n1CC(=O)N(C1CCCCC1)C1CCCCC1)c1ccncc1. The molecule has 0 aliphatic heterocycles. The summed E-state index contributed by atoms with van der Waals surface area (Å²) in [4.78, 5) is 37.6. The van der Waals surface area contributed by atoms with Gasteiger partial charge < -0.3 is 14.8 Å². The Morgan fingerprint density at radius 1 is 0.889 bits per heavy atom. The molecule has 2 aliphatic carbocycles. The molecule has 0 spiro atoms. The number of fused-ring (bicyclic) bond motifs is 1. The van der Waals surface area contributed by atoms with Gasteiger partial charge in [-0.1, -0.05) is 50.7 Å². The maximum atomic E-state index is 14.0. The standard InChI is InChI=1S/C29H37N5O2/c35-28(34(23-9-3-1-4-10-23)24-11-5-2-6-12-24)21-33-26-14-8-7-13-25(26)32-27(33)17-20-31-29(36)22-15-18-30-19-16-22/h7-8,13-16,18-19,23-24H,1-6,9-12,17,20-21H2,(H,31,36). The molecule has 0 bridgehead atoms. The number of amides is 2. The molecule has 2 fully saturated rings. The number of imidazole rings is 1. The lowest BCUT2D eigenvalue weighted by Gasteiger charge is -2.42. The number of rotatable bonds is 8. The van der Waals surface area contributed by atoms with E-state index in [1.54, 1.807) is 24.5 Å². The number of carbonyl (C=O) groups is 2. The molecule has 7 heteroatoms. The van der Waals surface area contributed by atoms with Gasteiger partial charge in [-0.05, 0) is 49.9 Å². The van der Waals surface area contributed by atoms with Crippen molar-refractivity contribution in [3.8, 4) is 0 Å². The Morgan fingerprint density at radius 2 is 1.53 bits per heavy atom. The molecule has 5 rings (SSSR count). The number of nitrogens with one attached hydrogen (secondary N) is 1. The van der Waals surface area contributed by atoms with E-state index in [0.717, 1.165) is 42.5 Å². The van der Waals surface area contributed by atoms with Crippen LogP contribution >= 0.6 is 0 Å². The van der Waals surface area contributed by atoms with Crippen LogP contribution in [0.25, 0.3) is 11.0 Å². The molecular formula is C29H37N5O2. The number of para-hydroxylation sites is 2. The van der Waals surface area contributed by atoms with Crippen LogP contribution in [0, 0.1) is 0 Å². The summed E-state index contributed by atoms with van der Waals surface area (Å²) in [6.45, 7) is 0.759. The van der Waals surface area contributed by atoms with Crippen LogP contribution in [-0.2, 0) is 17.8 Å². The number of benzene rings is 1. The van der Waals surface area contributed by atoms with Gasteiger partial charge in [0.1, 0.15) is 12.4 Å². The molecule has 2 amide bonds. The first-order chi connectivity index (χ1) is 17.7. The van der Waals surface area contributed by atoms with Gasteiger partial charge in [-0.3, -0.25) is 14.6 Å². The fourth-order valence-electron chi connectivity index (χ4n) is 6.03. The van der Waals surface area contributed by atoms with Gasteiger partial charge in [-0.25, -0.2) is 4.98 Å². The van der Waals surface area contributed by atoms with Crippen molar-refractivity contribution >= 4 is 22.8 Å². The van der Waals surface area contributed by atoms with Crippen molar-refractivity contribution in [2.24, 2.45) is 0 Å².